The lowest BCUT2D eigenvalue weighted by molar-refractivity contribution is -0.132. The number of nitrogens with one attached hydrogen (secondary N) is 2. The van der Waals surface area contributed by atoms with Gasteiger partial charge in [-0.1, -0.05) is 6.92 Å². The summed E-state index contributed by atoms with van der Waals surface area (Å²) in [5.41, 5.74) is 2.05. The van der Waals surface area contributed by atoms with Crippen LogP contribution in [-0.4, -0.2) is 44.1 Å². The van der Waals surface area contributed by atoms with Gasteiger partial charge in [0.15, 0.2) is 5.82 Å². The summed E-state index contributed by atoms with van der Waals surface area (Å²) in [4.78, 5) is 23.1. The average Bonchev–Trinajstić information content (AvgIpc) is 3.00. The molecule has 0 radical (unpaired) electrons. The summed E-state index contributed by atoms with van der Waals surface area (Å²) in [5.74, 6) is 3.15. The predicted octanol–water partition coefficient (Wildman–Crippen LogP) is 3.14. The van der Waals surface area contributed by atoms with Gasteiger partial charge in [0, 0.05) is 43.0 Å². The molecule has 0 atom stereocenters. The number of hydrogen-bond donors (Lipinski definition) is 2. The van der Waals surface area contributed by atoms with E-state index in [1.165, 1.54) is 0 Å². The average molecular weight is 356 g/mol. The van der Waals surface area contributed by atoms with E-state index in [-0.39, 0.29) is 0 Å². The van der Waals surface area contributed by atoms with Crippen LogP contribution in [0.15, 0.2) is 12.1 Å². The van der Waals surface area contributed by atoms with Crippen molar-refractivity contribution < 1.29 is 4.79 Å². The van der Waals surface area contributed by atoms with Crippen LogP contribution in [0, 0.1) is 19.8 Å². The van der Waals surface area contributed by atoms with Crippen LogP contribution in [0.25, 0.3) is 0 Å². The first-order valence-electron chi connectivity index (χ1n) is 9.45. The molecule has 1 fully saturated rings. The number of hydrogen-bond acceptors (Lipinski definition) is 5. The molecule has 2 aromatic heterocycles. The highest BCUT2D eigenvalue weighted by molar-refractivity contribution is 5.76. The zero-order valence-electron chi connectivity index (χ0n) is 15.9. The van der Waals surface area contributed by atoms with E-state index in [0.717, 1.165) is 67.6 Å². The molecule has 0 saturated carbocycles. The topological polar surface area (TPSA) is 86.8 Å². The molecule has 1 aliphatic heterocycles. The van der Waals surface area contributed by atoms with Crippen molar-refractivity contribution in [1.82, 2.24) is 25.1 Å². The van der Waals surface area contributed by atoms with Gasteiger partial charge >= 0.3 is 0 Å². The van der Waals surface area contributed by atoms with Crippen LogP contribution in [0.4, 0.5) is 11.6 Å². The summed E-state index contributed by atoms with van der Waals surface area (Å²) in [6.07, 6.45) is 4.59. The molecule has 7 nitrogen and oxygen atoms in total. The Balaban J connectivity index is 1.59. The molecule has 140 valence electrons. The summed E-state index contributed by atoms with van der Waals surface area (Å²) in [6.45, 7) is 7.66. The first kappa shape index (κ1) is 18.4. The molecule has 0 spiro atoms. The summed E-state index contributed by atoms with van der Waals surface area (Å²) in [5, 5.41) is 10.3. The fraction of sp³-hybridized carbons (Fsp3) is 0.579. The number of aromatic nitrogens is 4. The van der Waals surface area contributed by atoms with Gasteiger partial charge in [-0.3, -0.25) is 9.89 Å². The van der Waals surface area contributed by atoms with Gasteiger partial charge in [0.05, 0.1) is 0 Å². The molecule has 1 aliphatic rings. The maximum Gasteiger partial charge on any atom is 0.222 e. The van der Waals surface area contributed by atoms with Crippen LogP contribution in [0.5, 0.6) is 0 Å². The SMILES string of the molecule is CCCC(=O)N1CCC(Cc2cc(Nc3cc(C)[nH]n3)nc(C)n2)CC1. The molecule has 26 heavy (non-hydrogen) atoms. The van der Waals surface area contributed by atoms with Crippen molar-refractivity contribution in [1.29, 1.82) is 0 Å². The van der Waals surface area contributed by atoms with Gasteiger partial charge in [0.1, 0.15) is 11.6 Å². The Labute approximate surface area is 154 Å². The van der Waals surface area contributed by atoms with E-state index in [4.69, 9.17) is 0 Å². The van der Waals surface area contributed by atoms with E-state index < -0.39 is 0 Å². The lowest BCUT2D eigenvalue weighted by Crippen LogP contribution is -2.38. The summed E-state index contributed by atoms with van der Waals surface area (Å²) >= 11 is 0. The molecule has 2 N–H and O–H groups in total. The highest BCUT2D eigenvalue weighted by Gasteiger charge is 2.23. The zero-order chi connectivity index (χ0) is 18.5. The molecule has 1 saturated heterocycles. The number of carbonyl (C=O) groups excluding carboxylic acids is 1. The molecule has 3 heterocycles. The van der Waals surface area contributed by atoms with Crippen molar-refractivity contribution in [3.05, 3.63) is 29.3 Å². The highest BCUT2D eigenvalue weighted by Crippen LogP contribution is 2.23. The van der Waals surface area contributed by atoms with Crippen molar-refractivity contribution in [2.45, 2.75) is 52.9 Å². The number of likely N-dealkylation sites (tertiary alicyclic amines) is 1. The molecule has 0 aliphatic carbocycles. The van der Waals surface area contributed by atoms with Gasteiger partial charge in [-0.15, -0.1) is 0 Å². The quantitative estimate of drug-likeness (QED) is 0.830. The number of H-pyrrole nitrogens is 1. The van der Waals surface area contributed by atoms with E-state index in [1.54, 1.807) is 0 Å². The fourth-order valence-electron chi connectivity index (χ4n) is 3.47. The summed E-state index contributed by atoms with van der Waals surface area (Å²) in [6, 6.07) is 3.95. The van der Waals surface area contributed by atoms with Gasteiger partial charge in [-0.2, -0.15) is 5.10 Å². The molecule has 3 rings (SSSR count). The Morgan fingerprint density at radius 1 is 1.23 bits per heavy atom. The summed E-state index contributed by atoms with van der Waals surface area (Å²) in [7, 11) is 0. The lowest BCUT2D eigenvalue weighted by atomic mass is 9.92. The minimum Gasteiger partial charge on any atom is -0.343 e. The van der Waals surface area contributed by atoms with Crippen LogP contribution in [0.2, 0.25) is 0 Å². The number of rotatable bonds is 6. The Kier molecular flexibility index (Phi) is 5.85. The lowest BCUT2D eigenvalue weighted by Gasteiger charge is -2.32. The van der Waals surface area contributed by atoms with Gasteiger partial charge in [-0.05, 0) is 45.4 Å². The summed E-state index contributed by atoms with van der Waals surface area (Å²) < 4.78 is 0. The minimum absolute atomic E-state index is 0.296. The number of piperidine rings is 1. The van der Waals surface area contributed by atoms with Crippen LogP contribution in [0.1, 0.15) is 49.8 Å². The number of anilines is 2. The molecule has 0 aromatic carbocycles. The van der Waals surface area contributed by atoms with Crippen molar-refractivity contribution in [2.24, 2.45) is 5.92 Å². The predicted molar refractivity (Wildman–Crippen MR) is 101 cm³/mol. The third-order valence-electron chi connectivity index (χ3n) is 4.78. The largest absolute Gasteiger partial charge is 0.343 e. The van der Waals surface area contributed by atoms with Crippen LogP contribution >= 0.6 is 0 Å². The first-order chi connectivity index (χ1) is 12.5. The third kappa shape index (κ3) is 4.80. The van der Waals surface area contributed by atoms with E-state index in [9.17, 15) is 4.79 Å². The van der Waals surface area contributed by atoms with Crippen LogP contribution in [0.3, 0.4) is 0 Å². The highest BCUT2D eigenvalue weighted by atomic mass is 16.2. The molecule has 2 aromatic rings. The number of aryl methyl sites for hydroxylation is 2. The Bertz CT molecular complexity index is 748. The second kappa shape index (κ2) is 8.29. The standard InChI is InChI=1S/C19H28N6O/c1-4-5-19(26)25-8-6-15(7-9-25)11-16-12-17(21-14(3)20-16)22-18-10-13(2)23-24-18/h10,12,15H,4-9,11H2,1-3H3,(H2,20,21,22,23,24). The van der Waals surface area contributed by atoms with E-state index in [1.807, 2.05) is 30.9 Å². The van der Waals surface area contributed by atoms with Gasteiger partial charge in [0.2, 0.25) is 5.91 Å². The van der Waals surface area contributed by atoms with Crippen molar-refractivity contribution in [3.8, 4) is 0 Å². The van der Waals surface area contributed by atoms with Crippen LogP contribution in [-0.2, 0) is 11.2 Å². The molecule has 7 heteroatoms. The molecule has 1 amide bonds. The molecule has 0 unspecified atom stereocenters. The number of nitrogens with zero attached hydrogens (tertiary/aromatic N) is 4. The maximum atomic E-state index is 12.0. The van der Waals surface area contributed by atoms with Crippen molar-refractivity contribution in [2.75, 3.05) is 18.4 Å². The van der Waals surface area contributed by atoms with Gasteiger partial charge in [-0.25, -0.2) is 9.97 Å². The second-order valence-electron chi connectivity index (χ2n) is 7.13. The number of aromatic amines is 1. The molecular formula is C19H28N6O. The smallest absolute Gasteiger partial charge is 0.222 e. The normalized spacial score (nSPS) is 15.3. The first-order valence-corrected chi connectivity index (χ1v) is 9.45. The second-order valence-corrected chi connectivity index (χ2v) is 7.13. The van der Waals surface area contributed by atoms with Crippen molar-refractivity contribution in [3.63, 3.8) is 0 Å². The fourth-order valence-corrected chi connectivity index (χ4v) is 3.47. The Morgan fingerprint density at radius 3 is 2.65 bits per heavy atom. The van der Waals surface area contributed by atoms with Crippen molar-refractivity contribution >= 4 is 17.5 Å². The monoisotopic (exact) mass is 356 g/mol. The molecular weight excluding hydrogens is 328 g/mol. The van der Waals surface area contributed by atoms with E-state index in [0.29, 0.717) is 18.2 Å². The van der Waals surface area contributed by atoms with E-state index >= 15 is 0 Å². The van der Waals surface area contributed by atoms with Gasteiger partial charge in [0.25, 0.3) is 0 Å². The Morgan fingerprint density at radius 2 is 2.00 bits per heavy atom. The Hall–Kier alpha value is -2.44. The van der Waals surface area contributed by atoms with Crippen LogP contribution < -0.4 is 5.32 Å². The number of amides is 1. The zero-order valence-corrected chi connectivity index (χ0v) is 15.9. The van der Waals surface area contributed by atoms with Gasteiger partial charge < -0.3 is 10.2 Å². The maximum absolute atomic E-state index is 12.0. The molecule has 0 bridgehead atoms. The van der Waals surface area contributed by atoms with E-state index in [2.05, 4.69) is 32.4 Å². The minimum atomic E-state index is 0.296. The number of carbonyl (C=O) groups is 1. The third-order valence-corrected chi connectivity index (χ3v) is 4.78.